The molecule has 1 aromatic carbocycles. The van der Waals surface area contributed by atoms with E-state index in [2.05, 4.69) is 17.3 Å². The summed E-state index contributed by atoms with van der Waals surface area (Å²) in [5.41, 5.74) is 0.857. The highest BCUT2D eigenvalue weighted by Crippen LogP contribution is 2.18. The number of nitrogens with one attached hydrogen (secondary N) is 1. The van der Waals surface area contributed by atoms with Crippen LogP contribution in [-0.2, 0) is 4.79 Å². The van der Waals surface area contributed by atoms with Gasteiger partial charge in [0.15, 0.2) is 0 Å². The number of piperidine rings is 1. The lowest BCUT2D eigenvalue weighted by Gasteiger charge is -2.34. The molecular weight excluding hydrogens is 304 g/mol. The summed E-state index contributed by atoms with van der Waals surface area (Å²) >= 11 is 0. The van der Waals surface area contributed by atoms with Crippen molar-refractivity contribution in [3.05, 3.63) is 36.0 Å². The zero-order valence-electron chi connectivity index (χ0n) is 14.5. The number of anilines is 1. The molecular formula is C18H24N4O2. The maximum atomic E-state index is 12.6. The average molecular weight is 328 g/mol. The van der Waals surface area contributed by atoms with Gasteiger partial charge < -0.3 is 19.9 Å². The highest BCUT2D eigenvalue weighted by Gasteiger charge is 2.25. The molecule has 1 heterocycles. The van der Waals surface area contributed by atoms with Crippen molar-refractivity contribution in [3.63, 3.8) is 0 Å². The summed E-state index contributed by atoms with van der Waals surface area (Å²) in [6.45, 7) is 1.94. The Hall–Kier alpha value is -2.52. The van der Waals surface area contributed by atoms with E-state index in [0.717, 1.165) is 31.6 Å². The lowest BCUT2D eigenvalue weighted by molar-refractivity contribution is -0.128. The van der Waals surface area contributed by atoms with Gasteiger partial charge in [-0.25, -0.2) is 0 Å². The Morgan fingerprint density at radius 3 is 2.79 bits per heavy atom. The number of likely N-dealkylation sites (tertiary alicyclic amines) is 1. The molecule has 0 saturated carbocycles. The van der Waals surface area contributed by atoms with E-state index in [1.54, 1.807) is 25.1 Å². The molecule has 24 heavy (non-hydrogen) atoms. The molecule has 0 spiro atoms. The number of likely N-dealkylation sites (N-methyl/N-ethyl adjacent to an activating group) is 1. The number of nitriles is 1. The Balaban J connectivity index is 2.03. The molecule has 1 aromatic rings. The van der Waals surface area contributed by atoms with E-state index in [1.165, 1.54) is 6.20 Å². The van der Waals surface area contributed by atoms with Gasteiger partial charge in [0.25, 0.3) is 5.91 Å². The molecule has 1 amide bonds. The van der Waals surface area contributed by atoms with E-state index in [-0.39, 0.29) is 17.5 Å². The molecule has 6 nitrogen and oxygen atoms in total. The average Bonchev–Trinajstić information content (AvgIpc) is 2.62. The van der Waals surface area contributed by atoms with Gasteiger partial charge in [0, 0.05) is 31.0 Å². The van der Waals surface area contributed by atoms with Gasteiger partial charge in [-0.05, 0) is 45.1 Å². The predicted octanol–water partition coefficient (Wildman–Crippen LogP) is 2.07. The molecule has 0 atom stereocenters. The molecule has 0 aliphatic carbocycles. The third-order valence-corrected chi connectivity index (χ3v) is 4.36. The minimum Gasteiger partial charge on any atom is -0.497 e. The number of nitrogens with zero attached hydrogens (tertiary/aromatic N) is 3. The zero-order chi connectivity index (χ0) is 17.5. The Labute approximate surface area is 143 Å². The van der Waals surface area contributed by atoms with E-state index in [9.17, 15) is 10.1 Å². The van der Waals surface area contributed by atoms with Crippen LogP contribution < -0.4 is 10.1 Å². The van der Waals surface area contributed by atoms with Gasteiger partial charge in [0.2, 0.25) is 0 Å². The highest BCUT2D eigenvalue weighted by atomic mass is 16.5. The summed E-state index contributed by atoms with van der Waals surface area (Å²) in [5, 5.41) is 12.3. The van der Waals surface area contributed by atoms with Gasteiger partial charge in [0.05, 0.1) is 7.11 Å². The number of carbonyl (C=O) groups is 1. The second-order valence-corrected chi connectivity index (χ2v) is 6.00. The molecule has 0 bridgehead atoms. The normalized spacial score (nSPS) is 16.3. The number of hydrogen-bond donors (Lipinski definition) is 1. The van der Waals surface area contributed by atoms with Gasteiger partial charge in [-0.1, -0.05) is 6.07 Å². The number of methoxy groups -OCH3 is 1. The van der Waals surface area contributed by atoms with E-state index >= 15 is 0 Å². The first kappa shape index (κ1) is 17.8. The van der Waals surface area contributed by atoms with Crippen LogP contribution in [0.3, 0.4) is 0 Å². The van der Waals surface area contributed by atoms with Crippen LogP contribution in [0.15, 0.2) is 36.0 Å². The number of amides is 1. The van der Waals surface area contributed by atoms with Crippen LogP contribution in [0.4, 0.5) is 5.69 Å². The van der Waals surface area contributed by atoms with Crippen molar-refractivity contribution in [2.24, 2.45) is 0 Å². The Bertz CT molecular complexity index is 643. The second-order valence-electron chi connectivity index (χ2n) is 6.00. The van der Waals surface area contributed by atoms with E-state index in [1.807, 2.05) is 24.3 Å². The summed E-state index contributed by atoms with van der Waals surface area (Å²) in [7, 11) is 5.45. The van der Waals surface area contributed by atoms with Gasteiger partial charge in [-0.15, -0.1) is 0 Å². The van der Waals surface area contributed by atoms with Crippen LogP contribution in [0, 0.1) is 11.3 Å². The van der Waals surface area contributed by atoms with Crippen molar-refractivity contribution in [1.82, 2.24) is 9.80 Å². The minimum absolute atomic E-state index is 0.0965. The fourth-order valence-corrected chi connectivity index (χ4v) is 2.75. The number of carbonyl (C=O) groups excluding carboxylic acids is 1. The molecule has 0 radical (unpaired) electrons. The van der Waals surface area contributed by atoms with Crippen LogP contribution in [0.25, 0.3) is 0 Å². The molecule has 2 rings (SSSR count). The first-order valence-electron chi connectivity index (χ1n) is 8.01. The molecule has 0 unspecified atom stereocenters. The zero-order valence-corrected chi connectivity index (χ0v) is 14.5. The summed E-state index contributed by atoms with van der Waals surface area (Å²) in [4.78, 5) is 16.5. The standard InChI is InChI=1S/C18H24N4O2/c1-21-9-7-16(8-10-21)22(2)18(23)14(12-19)13-20-15-5-4-6-17(11-15)24-3/h4-6,11,13,16,20H,7-10H2,1-3H3/b14-13-. The van der Waals surface area contributed by atoms with Crippen molar-refractivity contribution in [1.29, 1.82) is 5.26 Å². The first-order chi connectivity index (χ1) is 11.5. The third-order valence-electron chi connectivity index (χ3n) is 4.36. The van der Waals surface area contributed by atoms with E-state index in [0.29, 0.717) is 5.75 Å². The van der Waals surface area contributed by atoms with Gasteiger partial charge in [0.1, 0.15) is 17.4 Å². The van der Waals surface area contributed by atoms with Crippen LogP contribution in [0.1, 0.15) is 12.8 Å². The summed E-state index contributed by atoms with van der Waals surface area (Å²) in [5.74, 6) is 0.462. The van der Waals surface area contributed by atoms with Crippen molar-refractivity contribution < 1.29 is 9.53 Å². The maximum Gasteiger partial charge on any atom is 0.266 e. The Morgan fingerprint density at radius 1 is 1.46 bits per heavy atom. The number of ether oxygens (including phenoxy) is 1. The fourth-order valence-electron chi connectivity index (χ4n) is 2.75. The molecule has 128 valence electrons. The van der Waals surface area contributed by atoms with Crippen LogP contribution in [0.5, 0.6) is 5.75 Å². The Kier molecular flexibility index (Phi) is 6.21. The van der Waals surface area contributed by atoms with Crippen molar-refractivity contribution >= 4 is 11.6 Å². The number of hydrogen-bond acceptors (Lipinski definition) is 5. The smallest absolute Gasteiger partial charge is 0.266 e. The van der Waals surface area contributed by atoms with Gasteiger partial charge in [-0.3, -0.25) is 4.79 Å². The molecule has 1 fully saturated rings. The first-order valence-corrected chi connectivity index (χ1v) is 8.01. The van der Waals surface area contributed by atoms with Gasteiger partial charge >= 0.3 is 0 Å². The number of benzene rings is 1. The molecule has 1 aliphatic rings. The number of rotatable bonds is 5. The largest absolute Gasteiger partial charge is 0.497 e. The quantitative estimate of drug-likeness (QED) is 0.662. The van der Waals surface area contributed by atoms with Crippen LogP contribution in [0.2, 0.25) is 0 Å². The molecule has 6 heteroatoms. The molecule has 1 aliphatic heterocycles. The predicted molar refractivity (Wildman–Crippen MR) is 93.6 cm³/mol. The van der Waals surface area contributed by atoms with Gasteiger partial charge in [-0.2, -0.15) is 5.26 Å². The molecule has 1 saturated heterocycles. The Morgan fingerprint density at radius 2 is 2.17 bits per heavy atom. The van der Waals surface area contributed by atoms with Crippen LogP contribution >= 0.6 is 0 Å². The SMILES string of the molecule is COc1cccc(N/C=C(/C#N)C(=O)N(C)C2CCN(C)CC2)c1. The lowest BCUT2D eigenvalue weighted by Crippen LogP contribution is -2.44. The van der Waals surface area contributed by atoms with Crippen molar-refractivity contribution in [2.45, 2.75) is 18.9 Å². The summed E-state index contributed by atoms with van der Waals surface area (Å²) < 4.78 is 5.16. The maximum absolute atomic E-state index is 12.6. The van der Waals surface area contributed by atoms with E-state index < -0.39 is 0 Å². The highest BCUT2D eigenvalue weighted by molar-refractivity contribution is 5.97. The van der Waals surface area contributed by atoms with E-state index in [4.69, 9.17) is 4.74 Å². The fraction of sp³-hybridized carbons (Fsp3) is 0.444. The van der Waals surface area contributed by atoms with Crippen molar-refractivity contribution in [2.75, 3.05) is 39.6 Å². The second kappa shape index (κ2) is 8.37. The third kappa shape index (κ3) is 4.49. The molecule has 1 N–H and O–H groups in total. The topological polar surface area (TPSA) is 68.6 Å². The summed E-state index contributed by atoms with van der Waals surface area (Å²) in [6.07, 6.45) is 3.32. The summed E-state index contributed by atoms with van der Waals surface area (Å²) in [6, 6.07) is 9.50. The minimum atomic E-state index is -0.248. The molecule has 0 aromatic heterocycles. The van der Waals surface area contributed by atoms with Crippen molar-refractivity contribution in [3.8, 4) is 11.8 Å². The van der Waals surface area contributed by atoms with Crippen LogP contribution in [-0.4, -0.2) is 56.0 Å². The monoisotopic (exact) mass is 328 g/mol. The lowest BCUT2D eigenvalue weighted by atomic mass is 10.0.